The third-order valence-electron chi connectivity index (χ3n) is 3.67. The molecule has 1 aromatic rings. The summed E-state index contributed by atoms with van der Waals surface area (Å²) in [5.41, 5.74) is 6.94. The molecule has 0 bridgehead atoms. The molecular formula is C14H21N3O. The summed E-state index contributed by atoms with van der Waals surface area (Å²) in [6, 6.07) is 3.82. The smallest absolute Gasteiger partial charge is 0.222 e. The Balaban J connectivity index is 1.88. The molecule has 18 heavy (non-hydrogen) atoms. The van der Waals surface area contributed by atoms with E-state index in [0.29, 0.717) is 6.42 Å². The average molecular weight is 247 g/mol. The molecule has 98 valence electrons. The zero-order valence-corrected chi connectivity index (χ0v) is 10.9. The summed E-state index contributed by atoms with van der Waals surface area (Å²) in [6.07, 6.45) is 8.13. The number of carbonyl (C=O) groups excluding carboxylic acids is 1. The number of aromatic nitrogens is 1. The summed E-state index contributed by atoms with van der Waals surface area (Å²) < 4.78 is 0. The van der Waals surface area contributed by atoms with Crippen LogP contribution in [-0.4, -0.2) is 16.4 Å². The first kappa shape index (κ1) is 13.0. The van der Waals surface area contributed by atoms with Crippen LogP contribution in [0.25, 0.3) is 0 Å². The molecule has 0 spiro atoms. The van der Waals surface area contributed by atoms with Gasteiger partial charge in [-0.2, -0.15) is 0 Å². The van der Waals surface area contributed by atoms with Gasteiger partial charge in [0.25, 0.3) is 0 Å². The van der Waals surface area contributed by atoms with Crippen molar-refractivity contribution in [3.63, 3.8) is 0 Å². The van der Waals surface area contributed by atoms with Crippen LogP contribution in [0.5, 0.6) is 0 Å². The van der Waals surface area contributed by atoms with Crippen molar-refractivity contribution in [1.29, 1.82) is 0 Å². The van der Waals surface area contributed by atoms with Gasteiger partial charge in [-0.05, 0) is 31.4 Å². The molecule has 1 amide bonds. The average Bonchev–Trinajstić information content (AvgIpc) is 2.76. The van der Waals surface area contributed by atoms with Crippen LogP contribution in [0.1, 0.15) is 50.6 Å². The molecule has 1 heterocycles. The van der Waals surface area contributed by atoms with E-state index in [-0.39, 0.29) is 17.5 Å². The molecule has 0 aliphatic heterocycles. The van der Waals surface area contributed by atoms with Gasteiger partial charge in [0.2, 0.25) is 5.91 Å². The number of nitrogens with one attached hydrogen (secondary N) is 1. The molecule has 4 nitrogen and oxygen atoms in total. The summed E-state index contributed by atoms with van der Waals surface area (Å²) >= 11 is 0. The molecule has 1 atom stereocenters. The fraction of sp³-hybridized carbons (Fsp3) is 0.571. The van der Waals surface area contributed by atoms with Crippen molar-refractivity contribution in [3.8, 4) is 0 Å². The summed E-state index contributed by atoms with van der Waals surface area (Å²) in [4.78, 5) is 16.0. The van der Waals surface area contributed by atoms with E-state index in [2.05, 4.69) is 10.3 Å². The van der Waals surface area contributed by atoms with Crippen LogP contribution in [-0.2, 0) is 4.79 Å². The number of hydrogen-bond donors (Lipinski definition) is 2. The molecule has 2 rings (SSSR count). The second-order valence-electron chi connectivity index (χ2n) is 5.32. The maximum absolute atomic E-state index is 12.0. The normalized spacial score (nSPS) is 19.4. The van der Waals surface area contributed by atoms with E-state index in [1.807, 2.05) is 19.1 Å². The summed E-state index contributed by atoms with van der Waals surface area (Å²) in [7, 11) is 0. The van der Waals surface area contributed by atoms with Crippen LogP contribution < -0.4 is 11.1 Å². The molecule has 0 aromatic carbocycles. The van der Waals surface area contributed by atoms with Crippen molar-refractivity contribution in [3.05, 3.63) is 30.1 Å². The van der Waals surface area contributed by atoms with E-state index < -0.39 is 0 Å². The minimum absolute atomic E-state index is 0.0174. The minimum atomic E-state index is -0.279. The lowest BCUT2D eigenvalue weighted by Gasteiger charge is -2.24. The molecule has 3 N–H and O–H groups in total. The predicted octanol–water partition coefficient (Wildman–Crippen LogP) is 1.92. The third kappa shape index (κ3) is 3.29. The highest BCUT2D eigenvalue weighted by Crippen LogP contribution is 2.30. The molecule has 1 aliphatic carbocycles. The highest BCUT2D eigenvalue weighted by molar-refractivity contribution is 5.77. The third-order valence-corrected chi connectivity index (χ3v) is 3.67. The van der Waals surface area contributed by atoms with Crippen molar-refractivity contribution < 1.29 is 4.79 Å². The Morgan fingerprint density at radius 3 is 2.89 bits per heavy atom. The van der Waals surface area contributed by atoms with Gasteiger partial charge in [-0.25, -0.2) is 0 Å². The Kier molecular flexibility index (Phi) is 3.97. The topological polar surface area (TPSA) is 68.0 Å². The van der Waals surface area contributed by atoms with E-state index in [4.69, 9.17) is 5.73 Å². The number of carbonyl (C=O) groups is 1. The molecule has 0 saturated heterocycles. The fourth-order valence-corrected chi connectivity index (χ4v) is 2.58. The van der Waals surface area contributed by atoms with Crippen molar-refractivity contribution in [2.45, 2.75) is 50.6 Å². The van der Waals surface area contributed by atoms with Gasteiger partial charge < -0.3 is 11.1 Å². The Labute approximate surface area is 108 Å². The number of pyridine rings is 1. The number of amides is 1. The first-order valence-electron chi connectivity index (χ1n) is 6.57. The van der Waals surface area contributed by atoms with Gasteiger partial charge in [-0.1, -0.05) is 18.9 Å². The molecule has 0 radical (unpaired) electrons. The standard InChI is InChI=1S/C14H21N3O/c1-11(12-5-4-8-16-10-12)17-13(18)9-14(15)6-2-3-7-14/h4-5,8,10-11H,2-3,6-7,9,15H2,1H3,(H,17,18)/t11-/m0/s1. The summed E-state index contributed by atoms with van der Waals surface area (Å²) in [5, 5.41) is 2.99. The zero-order chi connectivity index (χ0) is 13.0. The Morgan fingerprint density at radius 2 is 2.28 bits per heavy atom. The van der Waals surface area contributed by atoms with E-state index in [9.17, 15) is 4.79 Å². The van der Waals surface area contributed by atoms with E-state index >= 15 is 0 Å². The van der Waals surface area contributed by atoms with Crippen molar-refractivity contribution in [1.82, 2.24) is 10.3 Å². The molecule has 1 saturated carbocycles. The summed E-state index contributed by atoms with van der Waals surface area (Å²) in [5.74, 6) is 0.0377. The number of nitrogens with two attached hydrogens (primary N) is 1. The highest BCUT2D eigenvalue weighted by Gasteiger charge is 2.31. The Bertz CT molecular complexity index is 399. The van der Waals surface area contributed by atoms with E-state index in [1.165, 1.54) is 0 Å². The van der Waals surface area contributed by atoms with Gasteiger partial charge in [0.15, 0.2) is 0 Å². The monoisotopic (exact) mass is 247 g/mol. The predicted molar refractivity (Wildman–Crippen MR) is 70.8 cm³/mol. The SMILES string of the molecule is C[C@H](NC(=O)CC1(N)CCCC1)c1cccnc1. The van der Waals surface area contributed by atoms with Crippen LogP contribution in [0.4, 0.5) is 0 Å². The van der Waals surface area contributed by atoms with Gasteiger partial charge >= 0.3 is 0 Å². The van der Waals surface area contributed by atoms with Crippen molar-refractivity contribution in [2.75, 3.05) is 0 Å². The van der Waals surface area contributed by atoms with Crippen LogP contribution >= 0.6 is 0 Å². The second kappa shape index (κ2) is 5.48. The maximum Gasteiger partial charge on any atom is 0.222 e. The number of rotatable bonds is 4. The van der Waals surface area contributed by atoms with Crippen molar-refractivity contribution in [2.24, 2.45) is 5.73 Å². The van der Waals surface area contributed by atoms with Gasteiger partial charge in [0, 0.05) is 24.4 Å². The second-order valence-corrected chi connectivity index (χ2v) is 5.32. The van der Waals surface area contributed by atoms with Gasteiger partial charge in [-0.15, -0.1) is 0 Å². The number of hydrogen-bond acceptors (Lipinski definition) is 3. The fourth-order valence-electron chi connectivity index (χ4n) is 2.58. The molecule has 1 aromatic heterocycles. The Morgan fingerprint density at radius 1 is 1.56 bits per heavy atom. The first-order chi connectivity index (χ1) is 8.59. The largest absolute Gasteiger partial charge is 0.349 e. The Hall–Kier alpha value is -1.42. The first-order valence-corrected chi connectivity index (χ1v) is 6.57. The van der Waals surface area contributed by atoms with Crippen molar-refractivity contribution >= 4 is 5.91 Å². The van der Waals surface area contributed by atoms with E-state index in [1.54, 1.807) is 12.4 Å². The number of nitrogens with zero attached hydrogens (tertiary/aromatic N) is 1. The quantitative estimate of drug-likeness (QED) is 0.854. The maximum atomic E-state index is 12.0. The van der Waals surface area contributed by atoms with Gasteiger partial charge in [-0.3, -0.25) is 9.78 Å². The molecule has 1 fully saturated rings. The van der Waals surface area contributed by atoms with Crippen LogP contribution in [0.15, 0.2) is 24.5 Å². The molecule has 1 aliphatic rings. The minimum Gasteiger partial charge on any atom is -0.349 e. The van der Waals surface area contributed by atoms with Gasteiger partial charge in [0.05, 0.1) is 6.04 Å². The van der Waals surface area contributed by atoms with Crippen LogP contribution in [0, 0.1) is 0 Å². The van der Waals surface area contributed by atoms with Crippen LogP contribution in [0.3, 0.4) is 0 Å². The van der Waals surface area contributed by atoms with Crippen LogP contribution in [0.2, 0.25) is 0 Å². The lowest BCUT2D eigenvalue weighted by atomic mass is 9.94. The van der Waals surface area contributed by atoms with Gasteiger partial charge in [0.1, 0.15) is 0 Å². The summed E-state index contributed by atoms with van der Waals surface area (Å²) in [6.45, 7) is 1.97. The molecular weight excluding hydrogens is 226 g/mol. The van der Waals surface area contributed by atoms with E-state index in [0.717, 1.165) is 31.2 Å². The molecule has 4 heteroatoms. The lowest BCUT2D eigenvalue weighted by molar-refractivity contribution is -0.122. The molecule has 0 unspecified atom stereocenters. The lowest BCUT2D eigenvalue weighted by Crippen LogP contribution is -2.42. The zero-order valence-electron chi connectivity index (χ0n) is 10.9. The highest BCUT2D eigenvalue weighted by atomic mass is 16.1.